The highest BCUT2D eigenvalue weighted by Gasteiger charge is 2.40. The van der Waals surface area contributed by atoms with Crippen molar-refractivity contribution < 1.29 is 18.0 Å². The van der Waals surface area contributed by atoms with E-state index in [-0.39, 0.29) is 11.6 Å². The number of amides is 1. The van der Waals surface area contributed by atoms with Gasteiger partial charge in [-0.05, 0) is 18.2 Å². The topological polar surface area (TPSA) is 83.6 Å². The molecule has 0 saturated heterocycles. The van der Waals surface area contributed by atoms with Gasteiger partial charge in [-0.25, -0.2) is 4.68 Å². The Balaban J connectivity index is 2.55. The Morgan fingerprint density at radius 3 is 2.71 bits per heavy atom. The fourth-order valence-electron chi connectivity index (χ4n) is 1.71. The highest BCUT2D eigenvalue weighted by atomic mass is 19.4. The van der Waals surface area contributed by atoms with Gasteiger partial charge >= 0.3 is 6.18 Å². The van der Waals surface area contributed by atoms with Gasteiger partial charge in [-0.3, -0.25) is 4.79 Å². The Labute approximate surface area is 116 Å². The second-order valence-electron chi connectivity index (χ2n) is 4.04. The number of rotatable bonds is 2. The zero-order valence-electron chi connectivity index (χ0n) is 10.6. The van der Waals surface area contributed by atoms with Crippen LogP contribution in [0.3, 0.4) is 0 Å². The van der Waals surface area contributed by atoms with Crippen LogP contribution in [0.5, 0.6) is 0 Å². The van der Waals surface area contributed by atoms with Crippen molar-refractivity contribution >= 4 is 11.6 Å². The molecule has 0 aliphatic carbocycles. The average molecular weight is 295 g/mol. The van der Waals surface area contributed by atoms with Crippen LogP contribution in [0.15, 0.2) is 24.3 Å². The highest BCUT2D eigenvalue weighted by molar-refractivity contribution is 5.88. The van der Waals surface area contributed by atoms with Crippen LogP contribution in [-0.2, 0) is 11.0 Å². The molecule has 108 valence electrons. The Hall–Kier alpha value is -2.89. The molecule has 0 bridgehead atoms. The molecule has 0 aliphatic heterocycles. The number of hydrogen-bond donors (Lipinski definition) is 1. The maximum absolute atomic E-state index is 13.0. The van der Waals surface area contributed by atoms with Crippen molar-refractivity contribution in [2.75, 3.05) is 5.32 Å². The van der Waals surface area contributed by atoms with Crippen molar-refractivity contribution in [2.45, 2.75) is 13.1 Å². The van der Waals surface area contributed by atoms with Gasteiger partial charge in [0.25, 0.3) is 0 Å². The van der Waals surface area contributed by atoms with Gasteiger partial charge in [0, 0.05) is 12.6 Å². The Morgan fingerprint density at radius 2 is 2.14 bits per heavy atom. The molecule has 0 aliphatic rings. The average Bonchev–Trinajstić information content (AvgIpc) is 2.82. The number of hydrogen-bond acceptors (Lipinski definition) is 4. The lowest BCUT2D eigenvalue weighted by Gasteiger charge is -2.10. The van der Waals surface area contributed by atoms with Crippen LogP contribution in [0.1, 0.15) is 18.3 Å². The SMILES string of the molecule is CC(=O)Nc1cccc(-n2nnc(C#N)c2C(F)(F)F)c1. The third-order valence-corrected chi connectivity index (χ3v) is 2.46. The van der Waals surface area contributed by atoms with Gasteiger partial charge in [0.15, 0.2) is 11.4 Å². The standard InChI is InChI=1S/C12H8F3N5O/c1-7(21)17-8-3-2-4-9(5-8)20-11(12(13,14)15)10(6-16)18-19-20/h2-5H,1H3,(H,17,21). The van der Waals surface area contributed by atoms with Crippen LogP contribution in [0, 0.1) is 11.3 Å². The van der Waals surface area contributed by atoms with E-state index in [2.05, 4.69) is 15.6 Å². The number of carbonyl (C=O) groups excluding carboxylic acids is 1. The summed E-state index contributed by atoms with van der Waals surface area (Å²) in [5.41, 5.74) is -1.73. The highest BCUT2D eigenvalue weighted by Crippen LogP contribution is 2.32. The predicted molar refractivity (Wildman–Crippen MR) is 65.4 cm³/mol. The fourth-order valence-corrected chi connectivity index (χ4v) is 1.71. The summed E-state index contributed by atoms with van der Waals surface area (Å²) in [7, 11) is 0. The molecule has 1 amide bonds. The molecule has 2 aromatic rings. The van der Waals surface area contributed by atoms with Crippen LogP contribution >= 0.6 is 0 Å². The fraction of sp³-hybridized carbons (Fsp3) is 0.167. The lowest BCUT2D eigenvalue weighted by molar-refractivity contribution is -0.143. The van der Waals surface area contributed by atoms with Gasteiger partial charge in [-0.2, -0.15) is 18.4 Å². The molecule has 1 aromatic carbocycles. The molecular weight excluding hydrogens is 287 g/mol. The van der Waals surface area contributed by atoms with Crippen molar-refractivity contribution in [3.8, 4) is 11.8 Å². The molecule has 21 heavy (non-hydrogen) atoms. The Bertz CT molecular complexity index is 729. The van der Waals surface area contributed by atoms with Gasteiger partial charge in [-0.15, -0.1) is 5.10 Å². The van der Waals surface area contributed by atoms with Crippen LogP contribution in [0.4, 0.5) is 18.9 Å². The van der Waals surface area contributed by atoms with E-state index in [0.717, 1.165) is 0 Å². The molecule has 0 spiro atoms. The molecule has 1 heterocycles. The van der Waals surface area contributed by atoms with E-state index < -0.39 is 17.6 Å². The molecule has 9 heteroatoms. The first-order valence-electron chi connectivity index (χ1n) is 5.64. The second kappa shape index (κ2) is 5.24. The molecular formula is C12H8F3N5O. The van der Waals surface area contributed by atoms with Gasteiger partial charge in [0.2, 0.25) is 5.91 Å². The zero-order chi connectivity index (χ0) is 15.6. The maximum Gasteiger partial charge on any atom is 0.436 e. The molecule has 1 N–H and O–H groups in total. The first-order chi connectivity index (χ1) is 9.82. The van der Waals surface area contributed by atoms with E-state index in [0.29, 0.717) is 10.4 Å². The molecule has 0 fully saturated rings. The summed E-state index contributed by atoms with van der Waals surface area (Å²) in [6.45, 7) is 1.27. The van der Waals surface area contributed by atoms with Gasteiger partial charge in [-0.1, -0.05) is 11.3 Å². The molecule has 1 aromatic heterocycles. The Morgan fingerprint density at radius 1 is 1.43 bits per heavy atom. The first-order valence-corrected chi connectivity index (χ1v) is 5.64. The van der Waals surface area contributed by atoms with Crippen LogP contribution < -0.4 is 5.32 Å². The monoisotopic (exact) mass is 295 g/mol. The number of benzene rings is 1. The first kappa shape index (κ1) is 14.5. The van der Waals surface area contributed by atoms with Gasteiger partial charge in [0.05, 0.1) is 5.69 Å². The number of nitrogens with one attached hydrogen (secondary N) is 1. The van der Waals surface area contributed by atoms with E-state index in [1.54, 1.807) is 0 Å². The number of halogens is 3. The molecule has 0 unspecified atom stereocenters. The van der Waals surface area contributed by atoms with E-state index in [4.69, 9.17) is 5.26 Å². The van der Waals surface area contributed by atoms with Crippen molar-refractivity contribution in [3.63, 3.8) is 0 Å². The van der Waals surface area contributed by atoms with Crippen molar-refractivity contribution in [2.24, 2.45) is 0 Å². The molecule has 6 nitrogen and oxygen atoms in total. The van der Waals surface area contributed by atoms with E-state index in [9.17, 15) is 18.0 Å². The number of nitrogens with zero attached hydrogens (tertiary/aromatic N) is 4. The molecule has 2 rings (SSSR count). The minimum absolute atomic E-state index is 0.0302. The number of anilines is 1. The third-order valence-electron chi connectivity index (χ3n) is 2.46. The number of aromatic nitrogens is 3. The van der Waals surface area contributed by atoms with Gasteiger partial charge < -0.3 is 5.32 Å². The second-order valence-corrected chi connectivity index (χ2v) is 4.04. The molecule has 0 atom stereocenters. The third kappa shape index (κ3) is 3.00. The number of nitriles is 1. The van der Waals surface area contributed by atoms with Crippen LogP contribution in [0.25, 0.3) is 5.69 Å². The summed E-state index contributed by atoms with van der Waals surface area (Å²) < 4.78 is 39.5. The summed E-state index contributed by atoms with van der Waals surface area (Å²) in [5.74, 6) is -0.362. The quantitative estimate of drug-likeness (QED) is 0.919. The van der Waals surface area contributed by atoms with Crippen molar-refractivity contribution in [1.29, 1.82) is 5.26 Å². The lowest BCUT2D eigenvalue weighted by atomic mass is 10.2. The lowest BCUT2D eigenvalue weighted by Crippen LogP contribution is -2.15. The maximum atomic E-state index is 13.0. The number of carbonyl (C=O) groups is 1. The molecule has 0 saturated carbocycles. The minimum Gasteiger partial charge on any atom is -0.326 e. The summed E-state index contributed by atoms with van der Waals surface area (Å²) in [4.78, 5) is 11.0. The van der Waals surface area contributed by atoms with Crippen molar-refractivity contribution in [1.82, 2.24) is 15.0 Å². The summed E-state index contributed by atoms with van der Waals surface area (Å²) in [6.07, 6.45) is -4.78. The molecule has 0 radical (unpaired) electrons. The smallest absolute Gasteiger partial charge is 0.326 e. The zero-order valence-corrected chi connectivity index (χ0v) is 10.6. The summed E-state index contributed by atoms with van der Waals surface area (Å²) >= 11 is 0. The van der Waals surface area contributed by atoms with Gasteiger partial charge in [0.1, 0.15) is 6.07 Å². The van der Waals surface area contributed by atoms with E-state index in [1.807, 2.05) is 0 Å². The number of alkyl halides is 3. The normalized spacial score (nSPS) is 11.0. The summed E-state index contributed by atoms with van der Waals surface area (Å²) in [6, 6.07) is 6.98. The van der Waals surface area contributed by atoms with Crippen molar-refractivity contribution in [3.05, 3.63) is 35.7 Å². The van der Waals surface area contributed by atoms with E-state index >= 15 is 0 Å². The van der Waals surface area contributed by atoms with Crippen LogP contribution in [-0.4, -0.2) is 20.9 Å². The minimum atomic E-state index is -4.78. The van der Waals surface area contributed by atoms with E-state index in [1.165, 1.54) is 37.3 Å². The van der Waals surface area contributed by atoms with Crippen LogP contribution in [0.2, 0.25) is 0 Å². The summed E-state index contributed by atoms with van der Waals surface area (Å²) in [5, 5.41) is 17.7. The largest absolute Gasteiger partial charge is 0.436 e. The Kier molecular flexibility index (Phi) is 3.62. The predicted octanol–water partition coefficient (Wildman–Crippen LogP) is 2.12.